The van der Waals surface area contributed by atoms with E-state index in [1.54, 1.807) is 12.1 Å². The minimum atomic E-state index is -0.212. The molecule has 0 saturated heterocycles. The van der Waals surface area contributed by atoms with Crippen molar-refractivity contribution >= 4 is 11.6 Å². The summed E-state index contributed by atoms with van der Waals surface area (Å²) in [6, 6.07) is 7.04. The first-order valence-corrected chi connectivity index (χ1v) is 5.63. The Labute approximate surface area is 102 Å². The van der Waals surface area contributed by atoms with Gasteiger partial charge in [0.05, 0.1) is 12.5 Å². The Kier molecular flexibility index (Phi) is 4.59. The third-order valence-corrected chi connectivity index (χ3v) is 2.51. The molecule has 0 aliphatic rings. The molecule has 0 fully saturated rings. The van der Waals surface area contributed by atoms with Crippen LogP contribution in [0.4, 0.5) is 5.69 Å². The summed E-state index contributed by atoms with van der Waals surface area (Å²) in [6.45, 7) is 3.96. The molecule has 3 heteroatoms. The van der Waals surface area contributed by atoms with Gasteiger partial charge >= 0.3 is 0 Å². The zero-order valence-corrected chi connectivity index (χ0v) is 10.2. The first-order chi connectivity index (χ1) is 8.02. The summed E-state index contributed by atoms with van der Waals surface area (Å²) in [6.07, 6.45) is 5.68. The summed E-state index contributed by atoms with van der Waals surface area (Å²) in [5.41, 5.74) is 7.19. The first kappa shape index (κ1) is 13.1. The molecule has 0 saturated carbocycles. The van der Waals surface area contributed by atoms with Crippen LogP contribution in [0.25, 0.3) is 0 Å². The van der Waals surface area contributed by atoms with Crippen molar-refractivity contribution in [3.63, 3.8) is 0 Å². The number of benzene rings is 1. The lowest BCUT2D eigenvalue weighted by Crippen LogP contribution is -2.38. The monoisotopic (exact) mass is 230 g/mol. The number of anilines is 1. The molecule has 3 nitrogen and oxygen atoms in total. The maximum absolute atomic E-state index is 11.7. The van der Waals surface area contributed by atoms with Crippen LogP contribution in [-0.4, -0.2) is 11.9 Å². The molecule has 0 spiro atoms. The fourth-order valence-electron chi connectivity index (χ4n) is 1.45. The minimum absolute atomic E-state index is 0.0635. The molecule has 1 aromatic rings. The van der Waals surface area contributed by atoms with E-state index in [-0.39, 0.29) is 17.9 Å². The molecule has 0 aliphatic carbocycles. The molecule has 0 aromatic heterocycles. The average molecular weight is 230 g/mol. The van der Waals surface area contributed by atoms with Gasteiger partial charge in [0, 0.05) is 5.69 Å². The van der Waals surface area contributed by atoms with Gasteiger partial charge in [-0.2, -0.15) is 0 Å². The van der Waals surface area contributed by atoms with Crippen LogP contribution in [0.15, 0.2) is 24.3 Å². The summed E-state index contributed by atoms with van der Waals surface area (Å²) >= 11 is 0. The highest BCUT2D eigenvalue weighted by Gasteiger charge is 2.13. The van der Waals surface area contributed by atoms with Gasteiger partial charge in [-0.25, -0.2) is 0 Å². The largest absolute Gasteiger partial charge is 0.399 e. The number of nitrogens with two attached hydrogens (primary N) is 1. The molecular weight excluding hydrogens is 212 g/mol. The molecular formula is C14H18N2O. The van der Waals surface area contributed by atoms with Crippen LogP contribution in [-0.2, 0) is 11.2 Å². The van der Waals surface area contributed by atoms with Gasteiger partial charge in [0.15, 0.2) is 0 Å². The van der Waals surface area contributed by atoms with Gasteiger partial charge in [-0.3, -0.25) is 4.79 Å². The topological polar surface area (TPSA) is 55.1 Å². The fraction of sp³-hybridized carbons (Fsp3) is 0.357. The first-order valence-electron chi connectivity index (χ1n) is 5.63. The van der Waals surface area contributed by atoms with Crippen molar-refractivity contribution < 1.29 is 4.79 Å². The zero-order valence-electron chi connectivity index (χ0n) is 10.2. The van der Waals surface area contributed by atoms with E-state index < -0.39 is 0 Å². The standard InChI is InChI=1S/C14H18N2O/c1-4-13(10(2)3)16-14(17)9-11-5-7-12(15)8-6-11/h1,5-8,10,13H,9,15H2,2-3H3,(H,16,17). The van der Waals surface area contributed by atoms with Crippen LogP contribution in [0.5, 0.6) is 0 Å². The second-order valence-electron chi connectivity index (χ2n) is 4.37. The van der Waals surface area contributed by atoms with Gasteiger partial charge in [-0.1, -0.05) is 31.9 Å². The summed E-state index contributed by atoms with van der Waals surface area (Å²) in [5.74, 6) is 2.74. The zero-order chi connectivity index (χ0) is 12.8. The molecule has 1 unspecified atom stereocenters. The number of amides is 1. The van der Waals surface area contributed by atoms with E-state index in [0.717, 1.165) is 5.56 Å². The van der Waals surface area contributed by atoms with Crippen molar-refractivity contribution in [3.05, 3.63) is 29.8 Å². The normalized spacial score (nSPS) is 11.9. The predicted molar refractivity (Wildman–Crippen MR) is 70.2 cm³/mol. The molecule has 90 valence electrons. The van der Waals surface area contributed by atoms with E-state index in [1.165, 1.54) is 0 Å². The van der Waals surface area contributed by atoms with Crippen LogP contribution in [0, 0.1) is 18.3 Å². The summed E-state index contributed by atoms with van der Waals surface area (Å²) in [5, 5.41) is 2.82. The van der Waals surface area contributed by atoms with E-state index in [1.807, 2.05) is 26.0 Å². The number of nitrogen functional groups attached to an aromatic ring is 1. The predicted octanol–water partition coefficient (Wildman–Crippen LogP) is 1.59. The number of nitrogens with one attached hydrogen (secondary N) is 1. The molecule has 1 amide bonds. The molecule has 0 aliphatic heterocycles. The van der Waals surface area contributed by atoms with E-state index in [0.29, 0.717) is 12.1 Å². The minimum Gasteiger partial charge on any atom is -0.399 e. The Morgan fingerprint density at radius 1 is 1.41 bits per heavy atom. The third kappa shape index (κ3) is 4.20. The Morgan fingerprint density at radius 3 is 2.47 bits per heavy atom. The van der Waals surface area contributed by atoms with Crippen molar-refractivity contribution in [2.75, 3.05) is 5.73 Å². The molecule has 0 bridgehead atoms. The molecule has 1 aromatic carbocycles. The van der Waals surface area contributed by atoms with Crippen LogP contribution in [0.3, 0.4) is 0 Å². The summed E-state index contributed by atoms with van der Waals surface area (Å²) < 4.78 is 0. The van der Waals surface area contributed by atoms with Crippen LogP contribution < -0.4 is 11.1 Å². The van der Waals surface area contributed by atoms with Crippen molar-refractivity contribution in [1.82, 2.24) is 5.32 Å². The highest BCUT2D eigenvalue weighted by Crippen LogP contribution is 2.07. The van der Waals surface area contributed by atoms with E-state index in [4.69, 9.17) is 12.2 Å². The van der Waals surface area contributed by atoms with Gasteiger partial charge in [-0.15, -0.1) is 6.42 Å². The highest BCUT2D eigenvalue weighted by molar-refractivity contribution is 5.79. The average Bonchev–Trinajstić information content (AvgIpc) is 2.28. The number of carbonyl (C=O) groups excluding carboxylic acids is 1. The van der Waals surface area contributed by atoms with Crippen LogP contribution >= 0.6 is 0 Å². The maximum atomic E-state index is 11.7. The summed E-state index contributed by atoms with van der Waals surface area (Å²) in [7, 11) is 0. The second-order valence-corrected chi connectivity index (χ2v) is 4.37. The number of terminal acetylenes is 1. The third-order valence-electron chi connectivity index (χ3n) is 2.51. The van der Waals surface area contributed by atoms with Crippen molar-refractivity contribution in [1.29, 1.82) is 0 Å². The molecule has 0 radical (unpaired) electrons. The van der Waals surface area contributed by atoms with E-state index in [9.17, 15) is 4.79 Å². The van der Waals surface area contributed by atoms with Gasteiger partial charge < -0.3 is 11.1 Å². The van der Waals surface area contributed by atoms with Crippen molar-refractivity contribution in [2.24, 2.45) is 5.92 Å². The SMILES string of the molecule is C#CC(NC(=O)Cc1ccc(N)cc1)C(C)C. The van der Waals surface area contributed by atoms with E-state index in [2.05, 4.69) is 11.2 Å². The van der Waals surface area contributed by atoms with Gasteiger partial charge in [-0.05, 0) is 23.6 Å². The Balaban J connectivity index is 2.55. The lowest BCUT2D eigenvalue weighted by atomic mass is 10.0. The molecule has 0 heterocycles. The van der Waals surface area contributed by atoms with Crippen molar-refractivity contribution in [2.45, 2.75) is 26.3 Å². The molecule has 17 heavy (non-hydrogen) atoms. The number of hydrogen-bond acceptors (Lipinski definition) is 2. The number of rotatable bonds is 4. The van der Waals surface area contributed by atoms with E-state index >= 15 is 0 Å². The molecule has 1 rings (SSSR count). The fourth-order valence-corrected chi connectivity index (χ4v) is 1.45. The van der Waals surface area contributed by atoms with Crippen molar-refractivity contribution in [3.8, 4) is 12.3 Å². The summed E-state index contributed by atoms with van der Waals surface area (Å²) in [4.78, 5) is 11.7. The quantitative estimate of drug-likeness (QED) is 0.609. The number of hydrogen-bond donors (Lipinski definition) is 2. The lowest BCUT2D eigenvalue weighted by Gasteiger charge is -2.16. The van der Waals surface area contributed by atoms with Gasteiger partial charge in [0.2, 0.25) is 5.91 Å². The Morgan fingerprint density at radius 2 is 2.00 bits per heavy atom. The van der Waals surface area contributed by atoms with Gasteiger partial charge in [0.1, 0.15) is 0 Å². The number of carbonyl (C=O) groups is 1. The Bertz CT molecular complexity index is 415. The Hall–Kier alpha value is -1.95. The second kappa shape index (κ2) is 5.95. The van der Waals surface area contributed by atoms with Crippen LogP contribution in [0.2, 0.25) is 0 Å². The highest BCUT2D eigenvalue weighted by atomic mass is 16.1. The smallest absolute Gasteiger partial charge is 0.225 e. The molecule has 3 N–H and O–H groups in total. The van der Waals surface area contributed by atoms with Crippen LogP contribution in [0.1, 0.15) is 19.4 Å². The maximum Gasteiger partial charge on any atom is 0.225 e. The molecule has 1 atom stereocenters. The van der Waals surface area contributed by atoms with Gasteiger partial charge in [0.25, 0.3) is 0 Å². The lowest BCUT2D eigenvalue weighted by molar-refractivity contribution is -0.121.